The smallest absolute Gasteiger partial charge is 0.282 e. The van der Waals surface area contributed by atoms with Crippen LogP contribution in [0.3, 0.4) is 0 Å². The summed E-state index contributed by atoms with van der Waals surface area (Å²) in [6, 6.07) is 14.8. The lowest BCUT2D eigenvalue weighted by Crippen LogP contribution is -2.30. The molecular weight excluding hydrogens is 413 g/mol. The van der Waals surface area contributed by atoms with E-state index in [-0.39, 0.29) is 11.7 Å². The Labute approximate surface area is 185 Å². The highest BCUT2D eigenvalue weighted by Crippen LogP contribution is 2.19. The summed E-state index contributed by atoms with van der Waals surface area (Å²) >= 11 is 1.35. The zero-order valence-electron chi connectivity index (χ0n) is 17.6. The first-order valence-corrected chi connectivity index (χ1v) is 11.3. The number of carbonyl (C=O) groups excluding carboxylic acids is 1. The standard InChI is InChI=1S/C23H26FN5OS/c1-17-3-5-18(6-4-17)15-25-22(30)23-27-26-21(31-23)16-28-11-2-12-29(14-13-28)20-9-7-19(24)8-10-20/h3-10H,2,11-16H2,1H3,(H,25,30). The number of anilines is 1. The topological polar surface area (TPSA) is 61.4 Å². The van der Waals surface area contributed by atoms with Gasteiger partial charge in [-0.3, -0.25) is 9.69 Å². The minimum atomic E-state index is -0.213. The van der Waals surface area contributed by atoms with Gasteiger partial charge in [-0.05, 0) is 43.2 Å². The number of carbonyl (C=O) groups is 1. The first-order chi connectivity index (χ1) is 15.1. The Kier molecular flexibility index (Phi) is 6.89. The number of halogens is 1. The van der Waals surface area contributed by atoms with Gasteiger partial charge >= 0.3 is 0 Å². The highest BCUT2D eigenvalue weighted by Gasteiger charge is 2.18. The maximum Gasteiger partial charge on any atom is 0.282 e. The molecule has 31 heavy (non-hydrogen) atoms. The summed E-state index contributed by atoms with van der Waals surface area (Å²) in [5.74, 6) is -0.405. The van der Waals surface area contributed by atoms with Gasteiger partial charge < -0.3 is 10.2 Å². The van der Waals surface area contributed by atoms with Crippen molar-refractivity contribution in [1.82, 2.24) is 20.4 Å². The number of aromatic nitrogens is 2. The molecule has 0 aliphatic carbocycles. The fourth-order valence-electron chi connectivity index (χ4n) is 3.60. The van der Waals surface area contributed by atoms with Crippen molar-refractivity contribution in [1.29, 1.82) is 0 Å². The molecule has 1 aliphatic rings. The molecular formula is C23H26FN5OS. The van der Waals surface area contributed by atoms with Crippen LogP contribution in [0.4, 0.5) is 10.1 Å². The quantitative estimate of drug-likeness (QED) is 0.636. The molecule has 3 aromatic rings. The van der Waals surface area contributed by atoms with Gasteiger partial charge in [0.25, 0.3) is 5.91 Å². The van der Waals surface area contributed by atoms with E-state index in [0.717, 1.165) is 48.9 Å². The summed E-state index contributed by atoms with van der Waals surface area (Å²) in [4.78, 5) is 17.0. The molecule has 0 spiro atoms. The van der Waals surface area contributed by atoms with Crippen molar-refractivity contribution in [2.24, 2.45) is 0 Å². The highest BCUT2D eigenvalue weighted by atomic mass is 32.1. The Morgan fingerprint density at radius 2 is 1.81 bits per heavy atom. The lowest BCUT2D eigenvalue weighted by Gasteiger charge is -2.23. The molecule has 162 valence electrons. The van der Waals surface area contributed by atoms with E-state index in [2.05, 4.69) is 25.3 Å². The summed E-state index contributed by atoms with van der Waals surface area (Å²) < 4.78 is 13.2. The van der Waals surface area contributed by atoms with Crippen molar-refractivity contribution in [3.8, 4) is 0 Å². The summed E-state index contributed by atoms with van der Waals surface area (Å²) in [6.45, 7) is 6.83. The fraction of sp³-hybridized carbons (Fsp3) is 0.348. The fourth-order valence-corrected chi connectivity index (χ4v) is 4.40. The second kappa shape index (κ2) is 9.98. The van der Waals surface area contributed by atoms with Crippen LogP contribution in [0.5, 0.6) is 0 Å². The average Bonchev–Trinajstić information content (AvgIpc) is 3.12. The van der Waals surface area contributed by atoms with Crippen LogP contribution < -0.4 is 10.2 Å². The Morgan fingerprint density at radius 3 is 2.58 bits per heavy atom. The number of hydrogen-bond donors (Lipinski definition) is 1. The molecule has 8 heteroatoms. The van der Waals surface area contributed by atoms with E-state index < -0.39 is 0 Å². The molecule has 1 N–H and O–H groups in total. The van der Waals surface area contributed by atoms with Gasteiger partial charge in [0.1, 0.15) is 10.8 Å². The molecule has 1 fully saturated rings. The van der Waals surface area contributed by atoms with E-state index in [1.807, 2.05) is 43.3 Å². The van der Waals surface area contributed by atoms with Crippen molar-refractivity contribution in [3.05, 3.63) is 75.5 Å². The predicted molar refractivity (Wildman–Crippen MR) is 121 cm³/mol. The molecule has 6 nitrogen and oxygen atoms in total. The monoisotopic (exact) mass is 439 g/mol. The predicted octanol–water partition coefficient (Wildman–Crippen LogP) is 3.63. The number of hydrogen-bond acceptors (Lipinski definition) is 6. The van der Waals surface area contributed by atoms with E-state index in [0.29, 0.717) is 18.1 Å². The number of nitrogens with one attached hydrogen (secondary N) is 1. The van der Waals surface area contributed by atoms with Gasteiger partial charge in [0, 0.05) is 38.4 Å². The average molecular weight is 440 g/mol. The van der Waals surface area contributed by atoms with Gasteiger partial charge in [-0.25, -0.2) is 4.39 Å². The molecule has 0 unspecified atom stereocenters. The molecule has 0 atom stereocenters. The maximum atomic E-state index is 13.2. The van der Waals surface area contributed by atoms with Crippen LogP contribution in [0.2, 0.25) is 0 Å². The Hall–Kier alpha value is -2.84. The van der Waals surface area contributed by atoms with Crippen molar-refractivity contribution in [2.75, 3.05) is 31.1 Å². The van der Waals surface area contributed by atoms with Gasteiger partial charge in [-0.1, -0.05) is 41.2 Å². The third-order valence-corrected chi connectivity index (χ3v) is 6.28. The SMILES string of the molecule is Cc1ccc(CNC(=O)c2nnc(CN3CCCN(c4ccc(F)cc4)CC3)s2)cc1. The Morgan fingerprint density at radius 1 is 1.03 bits per heavy atom. The second-order valence-corrected chi connectivity index (χ2v) is 8.82. The molecule has 1 saturated heterocycles. The molecule has 2 aromatic carbocycles. The molecule has 0 saturated carbocycles. The maximum absolute atomic E-state index is 13.2. The van der Waals surface area contributed by atoms with E-state index >= 15 is 0 Å². The number of rotatable bonds is 6. The van der Waals surface area contributed by atoms with Crippen molar-refractivity contribution >= 4 is 22.9 Å². The van der Waals surface area contributed by atoms with Crippen LogP contribution >= 0.6 is 11.3 Å². The molecule has 1 aliphatic heterocycles. The number of amides is 1. The highest BCUT2D eigenvalue weighted by molar-refractivity contribution is 7.13. The van der Waals surface area contributed by atoms with Crippen LogP contribution in [0.15, 0.2) is 48.5 Å². The van der Waals surface area contributed by atoms with Crippen LogP contribution in [0.1, 0.15) is 32.4 Å². The summed E-state index contributed by atoms with van der Waals surface area (Å²) in [6.07, 6.45) is 1.01. The minimum Gasteiger partial charge on any atom is -0.370 e. The molecule has 1 aromatic heterocycles. The molecule has 0 bridgehead atoms. The third kappa shape index (κ3) is 5.86. The van der Waals surface area contributed by atoms with Gasteiger partial charge in [-0.2, -0.15) is 0 Å². The lowest BCUT2D eigenvalue weighted by molar-refractivity contribution is 0.0950. The number of benzene rings is 2. The second-order valence-electron chi connectivity index (χ2n) is 7.76. The molecule has 0 radical (unpaired) electrons. The zero-order valence-corrected chi connectivity index (χ0v) is 18.4. The molecule has 2 heterocycles. The lowest BCUT2D eigenvalue weighted by atomic mass is 10.1. The van der Waals surface area contributed by atoms with Gasteiger partial charge in [0.15, 0.2) is 0 Å². The largest absolute Gasteiger partial charge is 0.370 e. The van der Waals surface area contributed by atoms with Crippen LogP contribution in [-0.2, 0) is 13.1 Å². The van der Waals surface area contributed by atoms with Crippen molar-refractivity contribution in [2.45, 2.75) is 26.4 Å². The van der Waals surface area contributed by atoms with E-state index in [1.54, 1.807) is 0 Å². The van der Waals surface area contributed by atoms with Crippen molar-refractivity contribution in [3.63, 3.8) is 0 Å². The van der Waals surface area contributed by atoms with Gasteiger partial charge in [0.05, 0.1) is 6.54 Å². The van der Waals surface area contributed by atoms with E-state index in [4.69, 9.17) is 0 Å². The summed E-state index contributed by atoms with van der Waals surface area (Å²) in [5.41, 5.74) is 3.30. The van der Waals surface area contributed by atoms with Crippen LogP contribution in [0.25, 0.3) is 0 Å². The first kappa shape index (κ1) is 21.4. The summed E-state index contributed by atoms with van der Waals surface area (Å²) in [5, 5.41) is 12.5. The van der Waals surface area contributed by atoms with Crippen LogP contribution in [-0.4, -0.2) is 47.2 Å². The normalized spacial score (nSPS) is 15.0. The first-order valence-electron chi connectivity index (χ1n) is 10.5. The Bertz CT molecular complexity index is 1010. The minimum absolute atomic E-state index is 0.192. The third-order valence-electron chi connectivity index (χ3n) is 5.37. The molecule has 1 amide bonds. The van der Waals surface area contributed by atoms with E-state index in [1.165, 1.54) is 29.0 Å². The molecule has 4 rings (SSSR count). The van der Waals surface area contributed by atoms with Gasteiger partial charge in [-0.15, -0.1) is 10.2 Å². The van der Waals surface area contributed by atoms with E-state index in [9.17, 15) is 9.18 Å². The van der Waals surface area contributed by atoms with Crippen molar-refractivity contribution < 1.29 is 9.18 Å². The number of nitrogens with zero attached hydrogens (tertiary/aromatic N) is 4. The van der Waals surface area contributed by atoms with Gasteiger partial charge in [0.2, 0.25) is 5.01 Å². The number of aryl methyl sites for hydroxylation is 1. The Balaban J connectivity index is 1.28. The zero-order chi connectivity index (χ0) is 21.6. The summed E-state index contributed by atoms with van der Waals surface area (Å²) in [7, 11) is 0. The van der Waals surface area contributed by atoms with Crippen LogP contribution in [0, 0.1) is 12.7 Å².